The van der Waals surface area contributed by atoms with Crippen LogP contribution >= 0.6 is 0 Å². The van der Waals surface area contributed by atoms with E-state index in [1.54, 1.807) is 6.42 Å². The van der Waals surface area contributed by atoms with Gasteiger partial charge in [0, 0.05) is 0 Å². The first kappa shape index (κ1) is 13.4. The molecule has 0 heterocycles. The third kappa shape index (κ3) is 4.00. The highest BCUT2D eigenvalue weighted by Gasteiger charge is 2.28. The molecular formula is C17H32. The summed E-state index contributed by atoms with van der Waals surface area (Å²) in [7, 11) is 0. The van der Waals surface area contributed by atoms with Crippen molar-refractivity contribution in [3.05, 3.63) is 0 Å². The molecule has 0 N–H and O–H groups in total. The Balaban J connectivity index is 1.75. The third-order valence-corrected chi connectivity index (χ3v) is 5.66. The minimum atomic E-state index is 1.00. The summed E-state index contributed by atoms with van der Waals surface area (Å²) in [6.07, 6.45) is 16.7. The molecule has 2 aliphatic rings. The van der Waals surface area contributed by atoms with Crippen LogP contribution in [0.1, 0.15) is 84.5 Å². The lowest BCUT2D eigenvalue weighted by atomic mass is 9.70. The lowest BCUT2D eigenvalue weighted by molar-refractivity contribution is 0.155. The van der Waals surface area contributed by atoms with Gasteiger partial charge >= 0.3 is 0 Å². The first-order valence-electron chi connectivity index (χ1n) is 8.27. The van der Waals surface area contributed by atoms with Crippen LogP contribution in [-0.2, 0) is 0 Å². The Bertz CT molecular complexity index is 190. The van der Waals surface area contributed by atoms with Gasteiger partial charge in [-0.05, 0) is 30.1 Å². The molecule has 0 heteroatoms. The summed E-state index contributed by atoms with van der Waals surface area (Å²) in [6.45, 7) is 5.01. The normalized spacial score (nSPS) is 36.7. The van der Waals surface area contributed by atoms with E-state index in [9.17, 15) is 0 Å². The Kier molecular flexibility index (Phi) is 5.38. The average molecular weight is 236 g/mol. The van der Waals surface area contributed by atoms with Crippen LogP contribution in [0.15, 0.2) is 0 Å². The summed E-state index contributed by atoms with van der Waals surface area (Å²) < 4.78 is 0. The van der Waals surface area contributed by atoms with Crippen molar-refractivity contribution in [3.63, 3.8) is 0 Å². The van der Waals surface area contributed by atoms with Gasteiger partial charge in [-0.2, -0.15) is 0 Å². The fourth-order valence-corrected chi connectivity index (χ4v) is 4.40. The van der Waals surface area contributed by atoms with Crippen LogP contribution in [0, 0.1) is 23.7 Å². The van der Waals surface area contributed by atoms with Gasteiger partial charge in [0.05, 0.1) is 0 Å². The lowest BCUT2D eigenvalue weighted by Crippen LogP contribution is -2.25. The first-order chi connectivity index (χ1) is 8.27. The second kappa shape index (κ2) is 6.81. The van der Waals surface area contributed by atoms with E-state index in [-0.39, 0.29) is 0 Å². The van der Waals surface area contributed by atoms with Crippen molar-refractivity contribution >= 4 is 0 Å². The van der Waals surface area contributed by atoms with Crippen LogP contribution < -0.4 is 0 Å². The molecule has 0 nitrogen and oxygen atoms in total. The standard InChI is InChI=1S/C17H32/c1-14-8-7-9-15(2)17(14)13-12-16-10-5-3-4-6-11-16/h14-17H,3-13H2,1-2H3. The molecule has 17 heavy (non-hydrogen) atoms. The Morgan fingerprint density at radius 2 is 1.24 bits per heavy atom. The van der Waals surface area contributed by atoms with Gasteiger partial charge in [0.25, 0.3) is 0 Å². The van der Waals surface area contributed by atoms with E-state index in [1.807, 2.05) is 0 Å². The molecule has 0 aromatic rings. The van der Waals surface area contributed by atoms with Crippen molar-refractivity contribution in [2.45, 2.75) is 84.5 Å². The van der Waals surface area contributed by atoms with Gasteiger partial charge in [-0.25, -0.2) is 0 Å². The molecule has 0 spiro atoms. The zero-order valence-corrected chi connectivity index (χ0v) is 12.1. The van der Waals surface area contributed by atoms with Gasteiger partial charge in [0.2, 0.25) is 0 Å². The topological polar surface area (TPSA) is 0 Å². The van der Waals surface area contributed by atoms with Gasteiger partial charge in [-0.15, -0.1) is 0 Å². The van der Waals surface area contributed by atoms with E-state index in [2.05, 4.69) is 13.8 Å². The molecule has 2 aliphatic carbocycles. The molecule has 0 aliphatic heterocycles. The minimum Gasteiger partial charge on any atom is -0.0622 e. The monoisotopic (exact) mass is 236 g/mol. The maximum absolute atomic E-state index is 2.51. The van der Waals surface area contributed by atoms with Crippen molar-refractivity contribution in [1.82, 2.24) is 0 Å². The van der Waals surface area contributed by atoms with Crippen LogP contribution in [0.4, 0.5) is 0 Å². The van der Waals surface area contributed by atoms with Crippen molar-refractivity contribution in [2.75, 3.05) is 0 Å². The van der Waals surface area contributed by atoms with Gasteiger partial charge in [-0.1, -0.05) is 78.1 Å². The molecule has 2 saturated carbocycles. The zero-order valence-electron chi connectivity index (χ0n) is 12.1. The molecule has 2 atom stereocenters. The Hall–Kier alpha value is 0. The van der Waals surface area contributed by atoms with E-state index in [0.29, 0.717) is 0 Å². The van der Waals surface area contributed by atoms with Crippen molar-refractivity contribution in [2.24, 2.45) is 23.7 Å². The molecule has 0 amide bonds. The largest absolute Gasteiger partial charge is 0.0622 e. The quantitative estimate of drug-likeness (QED) is 0.542. The summed E-state index contributed by atoms with van der Waals surface area (Å²) >= 11 is 0. The maximum Gasteiger partial charge on any atom is -0.0363 e. The number of hydrogen-bond acceptors (Lipinski definition) is 0. The smallest absolute Gasteiger partial charge is 0.0363 e. The second-order valence-corrected chi connectivity index (χ2v) is 6.98. The van der Waals surface area contributed by atoms with Gasteiger partial charge in [-0.3, -0.25) is 0 Å². The summed E-state index contributed by atoms with van der Waals surface area (Å²) in [5, 5.41) is 0. The molecule has 2 rings (SSSR count). The van der Waals surface area contributed by atoms with E-state index in [4.69, 9.17) is 0 Å². The van der Waals surface area contributed by atoms with E-state index in [0.717, 1.165) is 23.7 Å². The lowest BCUT2D eigenvalue weighted by Gasteiger charge is -2.35. The van der Waals surface area contributed by atoms with Crippen LogP contribution in [0.2, 0.25) is 0 Å². The minimum absolute atomic E-state index is 1.00. The molecule has 100 valence electrons. The van der Waals surface area contributed by atoms with E-state index < -0.39 is 0 Å². The van der Waals surface area contributed by atoms with E-state index >= 15 is 0 Å². The number of rotatable bonds is 3. The maximum atomic E-state index is 2.51. The Morgan fingerprint density at radius 3 is 1.82 bits per heavy atom. The van der Waals surface area contributed by atoms with E-state index in [1.165, 1.54) is 64.2 Å². The Morgan fingerprint density at radius 1 is 0.647 bits per heavy atom. The van der Waals surface area contributed by atoms with Gasteiger partial charge in [0.15, 0.2) is 0 Å². The predicted octanol–water partition coefficient (Wildman–Crippen LogP) is 5.81. The fraction of sp³-hybridized carbons (Fsp3) is 1.00. The summed E-state index contributed by atoms with van der Waals surface area (Å²) in [4.78, 5) is 0. The van der Waals surface area contributed by atoms with Crippen molar-refractivity contribution in [1.29, 1.82) is 0 Å². The molecule has 0 aromatic carbocycles. The highest BCUT2D eigenvalue weighted by molar-refractivity contribution is 4.78. The first-order valence-corrected chi connectivity index (χ1v) is 8.27. The molecule has 0 radical (unpaired) electrons. The summed E-state index contributed by atoms with van der Waals surface area (Å²) in [6, 6.07) is 0. The molecular weight excluding hydrogens is 204 g/mol. The molecule has 0 saturated heterocycles. The summed E-state index contributed by atoms with van der Waals surface area (Å²) in [5.74, 6) is 4.14. The second-order valence-electron chi connectivity index (χ2n) is 6.98. The number of hydrogen-bond donors (Lipinski definition) is 0. The highest BCUT2D eigenvalue weighted by atomic mass is 14.3. The van der Waals surface area contributed by atoms with Crippen LogP contribution in [0.5, 0.6) is 0 Å². The average Bonchev–Trinajstić information content (AvgIpc) is 2.57. The van der Waals surface area contributed by atoms with Crippen LogP contribution in [-0.4, -0.2) is 0 Å². The SMILES string of the molecule is CC1CCCC(C)C1CCC1CCCCCC1. The molecule has 0 aromatic heterocycles. The molecule has 0 bridgehead atoms. The molecule has 2 unspecified atom stereocenters. The molecule has 2 fully saturated rings. The zero-order chi connectivity index (χ0) is 12.1. The van der Waals surface area contributed by atoms with Gasteiger partial charge < -0.3 is 0 Å². The Labute approximate surface area is 109 Å². The predicted molar refractivity (Wildman–Crippen MR) is 76.1 cm³/mol. The fourth-order valence-electron chi connectivity index (χ4n) is 4.40. The summed E-state index contributed by atoms with van der Waals surface area (Å²) in [5.41, 5.74) is 0. The van der Waals surface area contributed by atoms with Crippen molar-refractivity contribution < 1.29 is 0 Å². The van der Waals surface area contributed by atoms with Gasteiger partial charge in [0.1, 0.15) is 0 Å². The van der Waals surface area contributed by atoms with Crippen LogP contribution in [0.25, 0.3) is 0 Å². The third-order valence-electron chi connectivity index (χ3n) is 5.66. The van der Waals surface area contributed by atoms with Crippen LogP contribution in [0.3, 0.4) is 0 Å². The van der Waals surface area contributed by atoms with Crippen molar-refractivity contribution in [3.8, 4) is 0 Å². The highest BCUT2D eigenvalue weighted by Crippen LogP contribution is 2.39.